The van der Waals surface area contributed by atoms with Crippen molar-refractivity contribution in [3.8, 4) is 0 Å². The molecule has 0 spiro atoms. The van der Waals surface area contributed by atoms with E-state index < -0.39 is 0 Å². The fourth-order valence-corrected chi connectivity index (χ4v) is 1.38. The fraction of sp³-hybridized carbons (Fsp3) is 0.500. The lowest BCUT2D eigenvalue weighted by Crippen LogP contribution is -2.38. The third-order valence-corrected chi connectivity index (χ3v) is 2.39. The van der Waals surface area contributed by atoms with Crippen molar-refractivity contribution in [2.45, 2.75) is 33.4 Å². The van der Waals surface area contributed by atoms with Crippen molar-refractivity contribution in [1.82, 2.24) is 5.32 Å². The van der Waals surface area contributed by atoms with Gasteiger partial charge < -0.3 is 10.1 Å². The summed E-state index contributed by atoms with van der Waals surface area (Å²) < 4.78 is 5.55. The maximum atomic E-state index is 11.4. The molecule has 17 heavy (non-hydrogen) atoms. The van der Waals surface area contributed by atoms with Gasteiger partial charge in [-0.2, -0.15) is 0 Å². The van der Waals surface area contributed by atoms with Crippen LogP contribution in [0.2, 0.25) is 0 Å². The molecule has 94 valence electrons. The standard InChI is InChI=1S/C14H21NO2/c1-11(2)14(16)15-12(3)9-17-10-13-7-5-4-6-8-13/h4-8,11-12H,9-10H2,1-3H3,(H,15,16). The molecule has 1 amide bonds. The zero-order chi connectivity index (χ0) is 12.7. The number of carbonyl (C=O) groups is 1. The Balaban J connectivity index is 2.20. The summed E-state index contributed by atoms with van der Waals surface area (Å²) in [6, 6.07) is 10.1. The highest BCUT2D eigenvalue weighted by molar-refractivity contribution is 5.78. The van der Waals surface area contributed by atoms with Crippen molar-refractivity contribution in [1.29, 1.82) is 0 Å². The van der Waals surface area contributed by atoms with Crippen LogP contribution >= 0.6 is 0 Å². The molecule has 1 N–H and O–H groups in total. The zero-order valence-electron chi connectivity index (χ0n) is 10.8. The van der Waals surface area contributed by atoms with Gasteiger partial charge in [0.1, 0.15) is 0 Å². The summed E-state index contributed by atoms with van der Waals surface area (Å²) >= 11 is 0. The van der Waals surface area contributed by atoms with Crippen molar-refractivity contribution < 1.29 is 9.53 Å². The average molecular weight is 235 g/mol. The fourth-order valence-electron chi connectivity index (χ4n) is 1.38. The van der Waals surface area contributed by atoms with Crippen LogP contribution in [0.15, 0.2) is 30.3 Å². The minimum atomic E-state index is 0.0200. The quantitative estimate of drug-likeness (QED) is 0.822. The summed E-state index contributed by atoms with van der Waals surface area (Å²) in [5.74, 6) is 0.0902. The van der Waals surface area contributed by atoms with Gasteiger partial charge in [-0.15, -0.1) is 0 Å². The topological polar surface area (TPSA) is 38.3 Å². The Morgan fingerprint density at radius 3 is 2.47 bits per heavy atom. The first kappa shape index (κ1) is 13.7. The van der Waals surface area contributed by atoms with Crippen molar-refractivity contribution in [2.75, 3.05) is 6.61 Å². The first-order chi connectivity index (χ1) is 8.09. The molecular formula is C14H21NO2. The van der Waals surface area contributed by atoms with E-state index in [4.69, 9.17) is 4.74 Å². The van der Waals surface area contributed by atoms with Gasteiger partial charge in [0.25, 0.3) is 0 Å². The number of nitrogens with one attached hydrogen (secondary N) is 1. The van der Waals surface area contributed by atoms with E-state index in [0.29, 0.717) is 13.2 Å². The lowest BCUT2D eigenvalue weighted by atomic mass is 10.2. The van der Waals surface area contributed by atoms with Crippen LogP contribution in [0, 0.1) is 5.92 Å². The molecule has 0 radical (unpaired) electrons. The smallest absolute Gasteiger partial charge is 0.222 e. The molecule has 1 aromatic carbocycles. The van der Waals surface area contributed by atoms with Crippen LogP contribution in [0.1, 0.15) is 26.3 Å². The van der Waals surface area contributed by atoms with Gasteiger partial charge in [0, 0.05) is 12.0 Å². The second kappa shape index (κ2) is 7.07. The van der Waals surface area contributed by atoms with Gasteiger partial charge in [0.05, 0.1) is 13.2 Å². The van der Waals surface area contributed by atoms with Gasteiger partial charge in [-0.1, -0.05) is 44.2 Å². The number of ether oxygens (including phenoxy) is 1. The van der Waals surface area contributed by atoms with Crippen LogP contribution in [0.4, 0.5) is 0 Å². The molecule has 0 fully saturated rings. The van der Waals surface area contributed by atoms with E-state index in [1.165, 1.54) is 0 Å². The molecule has 0 saturated carbocycles. The van der Waals surface area contributed by atoms with E-state index in [9.17, 15) is 4.79 Å². The second-order valence-corrected chi connectivity index (χ2v) is 4.57. The zero-order valence-corrected chi connectivity index (χ0v) is 10.8. The molecule has 0 aliphatic rings. The summed E-state index contributed by atoms with van der Waals surface area (Å²) in [4.78, 5) is 11.4. The Morgan fingerprint density at radius 2 is 1.88 bits per heavy atom. The summed E-state index contributed by atoms with van der Waals surface area (Å²) in [5.41, 5.74) is 1.15. The van der Waals surface area contributed by atoms with Gasteiger partial charge >= 0.3 is 0 Å². The van der Waals surface area contributed by atoms with Crippen molar-refractivity contribution in [2.24, 2.45) is 5.92 Å². The van der Waals surface area contributed by atoms with Crippen molar-refractivity contribution >= 4 is 5.91 Å². The average Bonchev–Trinajstić information content (AvgIpc) is 2.30. The summed E-state index contributed by atoms with van der Waals surface area (Å²) in [7, 11) is 0. The lowest BCUT2D eigenvalue weighted by Gasteiger charge is -2.15. The highest BCUT2D eigenvalue weighted by Crippen LogP contribution is 2.01. The molecule has 0 bridgehead atoms. The Morgan fingerprint density at radius 1 is 1.24 bits per heavy atom. The van der Waals surface area contributed by atoms with Crippen molar-refractivity contribution in [3.05, 3.63) is 35.9 Å². The third kappa shape index (κ3) is 5.50. The van der Waals surface area contributed by atoms with E-state index in [-0.39, 0.29) is 17.9 Å². The predicted molar refractivity (Wildman–Crippen MR) is 68.5 cm³/mol. The Labute approximate surface area is 103 Å². The monoisotopic (exact) mass is 235 g/mol. The van der Waals surface area contributed by atoms with Gasteiger partial charge in [0.2, 0.25) is 5.91 Å². The predicted octanol–water partition coefficient (Wildman–Crippen LogP) is 2.36. The van der Waals surface area contributed by atoms with Crippen molar-refractivity contribution in [3.63, 3.8) is 0 Å². The van der Waals surface area contributed by atoms with Crippen LogP contribution in [0.5, 0.6) is 0 Å². The number of benzene rings is 1. The van der Waals surface area contributed by atoms with E-state index >= 15 is 0 Å². The first-order valence-electron chi connectivity index (χ1n) is 6.01. The molecule has 0 saturated heterocycles. The minimum Gasteiger partial charge on any atom is -0.375 e. The molecule has 1 rings (SSSR count). The molecule has 1 aromatic rings. The van der Waals surface area contributed by atoms with E-state index in [2.05, 4.69) is 5.32 Å². The highest BCUT2D eigenvalue weighted by Gasteiger charge is 2.10. The van der Waals surface area contributed by atoms with Gasteiger partial charge in [-0.05, 0) is 12.5 Å². The largest absolute Gasteiger partial charge is 0.375 e. The summed E-state index contributed by atoms with van der Waals surface area (Å²) in [6.45, 7) is 6.83. The van der Waals surface area contributed by atoms with Gasteiger partial charge in [-0.3, -0.25) is 4.79 Å². The second-order valence-electron chi connectivity index (χ2n) is 4.57. The molecule has 0 heterocycles. The molecule has 0 aliphatic carbocycles. The summed E-state index contributed by atoms with van der Waals surface area (Å²) in [5, 5.41) is 2.90. The van der Waals surface area contributed by atoms with Crippen LogP contribution in [-0.4, -0.2) is 18.6 Å². The third-order valence-electron chi connectivity index (χ3n) is 2.39. The number of carbonyl (C=O) groups excluding carboxylic acids is 1. The molecule has 0 aromatic heterocycles. The first-order valence-corrected chi connectivity index (χ1v) is 6.01. The van der Waals surface area contributed by atoms with E-state index in [1.807, 2.05) is 51.1 Å². The number of rotatable bonds is 6. The molecule has 3 nitrogen and oxygen atoms in total. The van der Waals surface area contributed by atoms with Crippen LogP contribution in [0.3, 0.4) is 0 Å². The number of amides is 1. The maximum Gasteiger partial charge on any atom is 0.222 e. The molecular weight excluding hydrogens is 214 g/mol. The van der Waals surface area contributed by atoms with E-state index in [0.717, 1.165) is 5.56 Å². The normalized spacial score (nSPS) is 12.5. The molecule has 3 heteroatoms. The molecule has 0 aliphatic heterocycles. The number of hydrogen-bond acceptors (Lipinski definition) is 2. The molecule has 1 unspecified atom stereocenters. The van der Waals surface area contributed by atoms with Gasteiger partial charge in [0.15, 0.2) is 0 Å². The van der Waals surface area contributed by atoms with Crippen LogP contribution < -0.4 is 5.32 Å². The SMILES string of the molecule is CC(COCc1ccccc1)NC(=O)C(C)C. The number of hydrogen-bond donors (Lipinski definition) is 1. The van der Waals surface area contributed by atoms with Gasteiger partial charge in [-0.25, -0.2) is 0 Å². The summed E-state index contributed by atoms with van der Waals surface area (Å²) in [6.07, 6.45) is 0. The Hall–Kier alpha value is -1.35. The molecule has 1 atom stereocenters. The highest BCUT2D eigenvalue weighted by atomic mass is 16.5. The van der Waals surface area contributed by atoms with Crippen LogP contribution in [-0.2, 0) is 16.1 Å². The Kier molecular flexibility index (Phi) is 5.70. The minimum absolute atomic E-state index is 0.0200. The lowest BCUT2D eigenvalue weighted by molar-refractivity contribution is -0.125. The van der Waals surface area contributed by atoms with Crippen LogP contribution in [0.25, 0.3) is 0 Å². The maximum absolute atomic E-state index is 11.4. The Bertz CT molecular complexity index is 335. The van der Waals surface area contributed by atoms with E-state index in [1.54, 1.807) is 0 Å².